The minimum Gasteiger partial charge on any atom is -0.478 e. The first-order valence-electron chi connectivity index (χ1n) is 6.59. The van der Waals surface area contributed by atoms with E-state index in [1.165, 1.54) is 18.2 Å². The predicted octanol–water partition coefficient (Wildman–Crippen LogP) is 0.750. The molecule has 1 heterocycles. The first-order chi connectivity index (χ1) is 10.3. The summed E-state index contributed by atoms with van der Waals surface area (Å²) in [6.07, 6.45) is 0.373. The molecule has 22 heavy (non-hydrogen) atoms. The van der Waals surface area contributed by atoms with Gasteiger partial charge >= 0.3 is 12.0 Å². The maximum absolute atomic E-state index is 12.1. The molecule has 8 heteroatoms. The Morgan fingerprint density at radius 1 is 1.32 bits per heavy atom. The highest BCUT2D eigenvalue weighted by Gasteiger charge is 2.47. The van der Waals surface area contributed by atoms with E-state index in [9.17, 15) is 19.2 Å². The molecule has 0 aliphatic carbocycles. The van der Waals surface area contributed by atoms with Crippen LogP contribution in [0.1, 0.15) is 41.0 Å². The van der Waals surface area contributed by atoms with E-state index in [1.54, 1.807) is 13.8 Å². The van der Waals surface area contributed by atoms with Crippen molar-refractivity contribution in [2.24, 2.45) is 0 Å². The van der Waals surface area contributed by atoms with E-state index in [0.717, 1.165) is 6.07 Å². The van der Waals surface area contributed by atoms with Gasteiger partial charge in [-0.15, -0.1) is 0 Å². The summed E-state index contributed by atoms with van der Waals surface area (Å²) in [6.45, 7) is 3.30. The predicted molar refractivity (Wildman–Crippen MR) is 74.9 cm³/mol. The monoisotopic (exact) mass is 305 g/mol. The van der Waals surface area contributed by atoms with Crippen LogP contribution in [0.2, 0.25) is 0 Å². The lowest BCUT2D eigenvalue weighted by atomic mass is 10.00. The molecular formula is C14H15N3O5. The zero-order chi connectivity index (χ0) is 16.5. The molecule has 1 aliphatic heterocycles. The van der Waals surface area contributed by atoms with Gasteiger partial charge in [-0.1, -0.05) is 13.0 Å². The molecule has 4 amide bonds. The second kappa shape index (κ2) is 5.47. The molecule has 3 N–H and O–H groups in total. The zero-order valence-corrected chi connectivity index (χ0v) is 12.0. The van der Waals surface area contributed by atoms with Crippen LogP contribution in [0.25, 0.3) is 0 Å². The number of hydrogen-bond donors (Lipinski definition) is 3. The Bertz CT molecular complexity index is 672. The molecule has 1 saturated heterocycles. The number of amides is 4. The van der Waals surface area contributed by atoms with Gasteiger partial charge in [0.1, 0.15) is 5.54 Å². The fourth-order valence-electron chi connectivity index (χ4n) is 1.99. The second-order valence-corrected chi connectivity index (χ2v) is 5.08. The molecule has 1 atom stereocenters. The van der Waals surface area contributed by atoms with Crippen LogP contribution in [0.15, 0.2) is 24.3 Å². The molecule has 1 aromatic carbocycles. The summed E-state index contributed by atoms with van der Waals surface area (Å²) in [5, 5.41) is 12.0. The number of hydrogen-bond acceptors (Lipinski definition) is 4. The molecule has 1 aliphatic rings. The van der Waals surface area contributed by atoms with E-state index >= 15 is 0 Å². The van der Waals surface area contributed by atoms with Crippen LogP contribution >= 0.6 is 0 Å². The van der Waals surface area contributed by atoms with Gasteiger partial charge in [-0.25, -0.2) is 9.59 Å². The number of nitrogens with one attached hydrogen (secondary N) is 2. The fraction of sp³-hybridized carbons (Fsp3) is 0.286. The maximum Gasteiger partial charge on any atom is 0.344 e. The summed E-state index contributed by atoms with van der Waals surface area (Å²) in [5.74, 6) is -2.49. The van der Waals surface area contributed by atoms with E-state index in [2.05, 4.69) is 10.7 Å². The number of imide groups is 1. The number of carbonyl (C=O) groups excluding carboxylic acids is 3. The van der Waals surface area contributed by atoms with Crippen molar-refractivity contribution in [2.45, 2.75) is 25.8 Å². The van der Waals surface area contributed by atoms with Crippen LogP contribution in [0.5, 0.6) is 0 Å². The largest absolute Gasteiger partial charge is 0.478 e. The van der Waals surface area contributed by atoms with Gasteiger partial charge in [-0.3, -0.25) is 15.0 Å². The second-order valence-electron chi connectivity index (χ2n) is 5.08. The standard InChI is InChI=1S/C14H15N3O5/c1-3-14(2)12(21)17(13(22)15-14)16-10(18)8-5-4-6-9(7-8)11(19)20/h4-7H,3H2,1-2H3,(H,15,22)(H,16,18)(H,19,20). The molecule has 0 spiro atoms. The first-order valence-corrected chi connectivity index (χ1v) is 6.59. The Balaban J connectivity index is 2.19. The number of benzene rings is 1. The number of hydrazine groups is 1. The van der Waals surface area contributed by atoms with Crippen LogP contribution < -0.4 is 10.7 Å². The SMILES string of the molecule is CCC1(C)NC(=O)N(NC(=O)c2cccc(C(=O)O)c2)C1=O. The van der Waals surface area contributed by atoms with Crippen molar-refractivity contribution >= 4 is 23.8 Å². The van der Waals surface area contributed by atoms with Crippen molar-refractivity contribution < 1.29 is 24.3 Å². The van der Waals surface area contributed by atoms with Gasteiger partial charge in [0.25, 0.3) is 11.8 Å². The van der Waals surface area contributed by atoms with Crippen LogP contribution in [-0.4, -0.2) is 39.5 Å². The molecular weight excluding hydrogens is 290 g/mol. The van der Waals surface area contributed by atoms with Gasteiger partial charge in [0.15, 0.2) is 0 Å². The number of carboxylic acids is 1. The Morgan fingerprint density at radius 2 is 1.95 bits per heavy atom. The number of carbonyl (C=O) groups is 4. The molecule has 0 bridgehead atoms. The average molecular weight is 305 g/mol. The fourth-order valence-corrected chi connectivity index (χ4v) is 1.99. The number of urea groups is 1. The van der Waals surface area contributed by atoms with Crippen LogP contribution in [-0.2, 0) is 4.79 Å². The van der Waals surface area contributed by atoms with Crippen molar-refractivity contribution in [3.8, 4) is 0 Å². The highest BCUT2D eigenvalue weighted by atomic mass is 16.4. The highest BCUT2D eigenvalue weighted by Crippen LogP contribution is 2.19. The number of nitrogens with zero attached hydrogens (tertiary/aromatic N) is 1. The summed E-state index contributed by atoms with van der Waals surface area (Å²) in [5.41, 5.74) is 1.09. The van der Waals surface area contributed by atoms with Gasteiger partial charge in [-0.2, -0.15) is 5.01 Å². The molecule has 1 unspecified atom stereocenters. The van der Waals surface area contributed by atoms with Crippen molar-refractivity contribution in [3.05, 3.63) is 35.4 Å². The van der Waals surface area contributed by atoms with Gasteiger partial charge in [0.2, 0.25) is 0 Å². The summed E-state index contributed by atoms with van der Waals surface area (Å²) in [7, 11) is 0. The van der Waals surface area contributed by atoms with E-state index < -0.39 is 29.4 Å². The summed E-state index contributed by atoms with van der Waals surface area (Å²) >= 11 is 0. The third kappa shape index (κ3) is 2.62. The van der Waals surface area contributed by atoms with Crippen molar-refractivity contribution in [2.75, 3.05) is 0 Å². The smallest absolute Gasteiger partial charge is 0.344 e. The van der Waals surface area contributed by atoms with Gasteiger partial charge < -0.3 is 10.4 Å². The Kier molecular flexibility index (Phi) is 3.85. The van der Waals surface area contributed by atoms with Crippen LogP contribution in [0.3, 0.4) is 0 Å². The average Bonchev–Trinajstić information content (AvgIpc) is 2.71. The maximum atomic E-state index is 12.1. The third-order valence-corrected chi connectivity index (χ3v) is 3.55. The quantitative estimate of drug-likeness (QED) is 0.710. The minimum atomic E-state index is -1.18. The lowest BCUT2D eigenvalue weighted by Crippen LogP contribution is -2.48. The molecule has 1 fully saturated rings. The Labute approximate surface area is 126 Å². The Hall–Kier alpha value is -2.90. The van der Waals surface area contributed by atoms with Crippen LogP contribution in [0, 0.1) is 0 Å². The Morgan fingerprint density at radius 3 is 2.50 bits per heavy atom. The van der Waals surface area contributed by atoms with Crippen molar-refractivity contribution in [1.82, 2.24) is 15.8 Å². The van der Waals surface area contributed by atoms with Crippen molar-refractivity contribution in [1.29, 1.82) is 0 Å². The number of carboxylic acid groups (broad SMARTS) is 1. The normalized spacial score (nSPS) is 20.7. The third-order valence-electron chi connectivity index (χ3n) is 3.55. The highest BCUT2D eigenvalue weighted by molar-refractivity contribution is 6.09. The minimum absolute atomic E-state index is 0.0330. The van der Waals surface area contributed by atoms with Gasteiger partial charge in [-0.05, 0) is 31.5 Å². The summed E-state index contributed by atoms with van der Waals surface area (Å²) in [4.78, 5) is 46.9. The number of rotatable bonds is 4. The molecule has 0 saturated carbocycles. The first kappa shape index (κ1) is 15.5. The summed E-state index contributed by atoms with van der Waals surface area (Å²) in [6, 6.07) is 4.56. The zero-order valence-electron chi connectivity index (χ0n) is 12.0. The molecule has 2 rings (SSSR count). The topological polar surface area (TPSA) is 116 Å². The molecule has 8 nitrogen and oxygen atoms in total. The van der Waals surface area contributed by atoms with E-state index in [4.69, 9.17) is 5.11 Å². The lowest BCUT2D eigenvalue weighted by Gasteiger charge is -2.19. The van der Waals surface area contributed by atoms with Crippen LogP contribution in [0.4, 0.5) is 4.79 Å². The van der Waals surface area contributed by atoms with E-state index in [-0.39, 0.29) is 11.1 Å². The molecule has 0 radical (unpaired) electrons. The van der Waals surface area contributed by atoms with E-state index in [1.807, 2.05) is 0 Å². The molecule has 1 aromatic rings. The van der Waals surface area contributed by atoms with E-state index in [0.29, 0.717) is 11.4 Å². The summed E-state index contributed by atoms with van der Waals surface area (Å²) < 4.78 is 0. The van der Waals surface area contributed by atoms with Gasteiger partial charge in [0, 0.05) is 5.56 Å². The van der Waals surface area contributed by atoms with Crippen molar-refractivity contribution in [3.63, 3.8) is 0 Å². The number of aromatic carboxylic acids is 1. The van der Waals surface area contributed by atoms with Gasteiger partial charge in [0.05, 0.1) is 5.56 Å². The lowest BCUT2D eigenvalue weighted by molar-refractivity contribution is -0.132. The molecule has 116 valence electrons. The molecule has 0 aromatic heterocycles.